The highest BCUT2D eigenvalue weighted by molar-refractivity contribution is 7.09. The van der Waals surface area contributed by atoms with Gasteiger partial charge in [0.15, 0.2) is 0 Å². The van der Waals surface area contributed by atoms with Crippen molar-refractivity contribution in [1.82, 2.24) is 4.98 Å². The normalized spacial score (nSPS) is 11.8. The summed E-state index contributed by atoms with van der Waals surface area (Å²) in [6.07, 6.45) is 0. The minimum Gasteiger partial charge on any atom is -0.242 e. The molecule has 0 atom stereocenters. The van der Waals surface area contributed by atoms with Gasteiger partial charge < -0.3 is 0 Å². The van der Waals surface area contributed by atoms with E-state index in [0.29, 0.717) is 0 Å². The summed E-state index contributed by atoms with van der Waals surface area (Å²) in [7, 11) is 0. The summed E-state index contributed by atoms with van der Waals surface area (Å²) < 4.78 is 0. The van der Waals surface area contributed by atoms with Crippen molar-refractivity contribution < 1.29 is 0 Å². The number of aryl methyl sites for hydroxylation is 1. The van der Waals surface area contributed by atoms with E-state index in [9.17, 15) is 0 Å². The molecule has 1 nitrogen and oxygen atoms in total. The first-order valence-corrected chi connectivity index (χ1v) is 4.79. The summed E-state index contributed by atoms with van der Waals surface area (Å²) >= 11 is 1.71. The lowest BCUT2D eigenvalue weighted by atomic mass is 9.97. The van der Waals surface area contributed by atoms with Crippen LogP contribution in [0.2, 0.25) is 0 Å². The van der Waals surface area contributed by atoms with Crippen molar-refractivity contribution in [3.8, 4) is 11.3 Å². The van der Waals surface area contributed by atoms with Crippen LogP contribution in [0.5, 0.6) is 0 Å². The Balaban J connectivity index is 2.19. The minimum atomic E-state index is 1.14. The Morgan fingerprint density at radius 2 is 2.25 bits per heavy atom. The molecular weight excluding hydrogens is 166 g/mol. The summed E-state index contributed by atoms with van der Waals surface area (Å²) in [6.45, 7) is 2.04. The molecule has 0 bridgehead atoms. The third kappa shape index (κ3) is 0.655. The molecule has 1 aromatic rings. The molecule has 0 saturated heterocycles. The number of rotatable bonds is 1. The second kappa shape index (κ2) is 1.96. The first-order valence-electron chi connectivity index (χ1n) is 3.91. The molecule has 3 rings (SSSR count). The average Bonchev–Trinajstić information content (AvgIpc) is 2.42. The molecule has 2 aliphatic carbocycles. The van der Waals surface area contributed by atoms with Gasteiger partial charge in [-0.2, -0.15) is 0 Å². The molecule has 0 fully saturated rings. The summed E-state index contributed by atoms with van der Waals surface area (Å²) in [5.41, 5.74) is 2.46. The Bertz CT molecular complexity index is 539. The molecule has 0 aliphatic heterocycles. The van der Waals surface area contributed by atoms with E-state index >= 15 is 0 Å². The molecule has 2 aliphatic rings. The number of aromatic nitrogens is 1. The maximum absolute atomic E-state index is 4.43. The third-order valence-electron chi connectivity index (χ3n) is 2.23. The lowest BCUT2D eigenvalue weighted by Gasteiger charge is -2.08. The molecule has 0 spiro atoms. The summed E-state index contributed by atoms with van der Waals surface area (Å²) in [4.78, 5) is 4.43. The van der Waals surface area contributed by atoms with Crippen molar-refractivity contribution in [1.29, 1.82) is 0 Å². The maximum Gasteiger partial charge on any atom is 0.0901 e. The van der Waals surface area contributed by atoms with Gasteiger partial charge in [-0.3, -0.25) is 0 Å². The number of hydrogen-bond donors (Lipinski definition) is 0. The molecule has 2 heteroatoms. The minimum absolute atomic E-state index is 1.14. The summed E-state index contributed by atoms with van der Waals surface area (Å²) in [5, 5.41) is 6.04. The standard InChI is InChI=1S/C10H7NS/c1-6-11-10(5-12-6)9-4-7-2-3-8(7)9/h2-5H,1H3. The van der Waals surface area contributed by atoms with Crippen LogP contribution in [0.4, 0.5) is 0 Å². The highest BCUT2D eigenvalue weighted by atomic mass is 32.1. The molecule has 58 valence electrons. The van der Waals surface area contributed by atoms with Gasteiger partial charge in [0.25, 0.3) is 0 Å². The Morgan fingerprint density at radius 1 is 1.33 bits per heavy atom. The fourth-order valence-electron chi connectivity index (χ4n) is 1.49. The van der Waals surface area contributed by atoms with Gasteiger partial charge in [-0.15, -0.1) is 11.3 Å². The average molecular weight is 173 g/mol. The van der Waals surface area contributed by atoms with Crippen LogP contribution >= 0.6 is 11.3 Å². The molecular formula is C10H7NS. The smallest absolute Gasteiger partial charge is 0.0901 e. The lowest BCUT2D eigenvalue weighted by Crippen LogP contribution is -1.91. The van der Waals surface area contributed by atoms with Crippen LogP contribution in [-0.4, -0.2) is 4.98 Å². The molecule has 0 aromatic carbocycles. The van der Waals surface area contributed by atoms with E-state index in [0.717, 1.165) is 10.7 Å². The predicted octanol–water partition coefficient (Wildman–Crippen LogP) is 2.72. The van der Waals surface area contributed by atoms with E-state index in [1.54, 1.807) is 11.3 Å². The third-order valence-corrected chi connectivity index (χ3v) is 3.00. The van der Waals surface area contributed by atoms with Gasteiger partial charge in [0, 0.05) is 10.9 Å². The van der Waals surface area contributed by atoms with Gasteiger partial charge in [0.05, 0.1) is 10.7 Å². The van der Waals surface area contributed by atoms with E-state index in [4.69, 9.17) is 0 Å². The largest absolute Gasteiger partial charge is 0.242 e. The Hall–Kier alpha value is -1.15. The lowest BCUT2D eigenvalue weighted by molar-refractivity contribution is 1.27. The van der Waals surface area contributed by atoms with E-state index in [1.165, 1.54) is 16.0 Å². The first-order chi connectivity index (χ1) is 5.84. The number of hydrogen-bond acceptors (Lipinski definition) is 2. The van der Waals surface area contributed by atoms with Gasteiger partial charge in [-0.1, -0.05) is 12.1 Å². The molecule has 12 heavy (non-hydrogen) atoms. The molecule has 1 aromatic heterocycles. The number of thiazole rings is 1. The first kappa shape index (κ1) is 6.38. The van der Waals surface area contributed by atoms with Crippen LogP contribution in [0.15, 0.2) is 23.6 Å². The Kier molecular flexibility index (Phi) is 1.04. The van der Waals surface area contributed by atoms with Crippen LogP contribution in [0.25, 0.3) is 11.3 Å². The van der Waals surface area contributed by atoms with Crippen LogP contribution in [-0.2, 0) is 0 Å². The maximum atomic E-state index is 4.43. The van der Waals surface area contributed by atoms with E-state index < -0.39 is 0 Å². The molecule has 0 N–H and O–H groups in total. The van der Waals surface area contributed by atoms with E-state index in [2.05, 4.69) is 28.6 Å². The number of benzene rings is 1. The van der Waals surface area contributed by atoms with Crippen LogP contribution in [0, 0.1) is 17.4 Å². The second-order valence-electron chi connectivity index (χ2n) is 3.01. The SMILES string of the molecule is Cc1nc(-c2cc3ccc2=3)cs1. The fourth-order valence-corrected chi connectivity index (χ4v) is 2.10. The molecule has 0 unspecified atom stereocenters. The van der Waals surface area contributed by atoms with Gasteiger partial charge in [-0.25, -0.2) is 4.98 Å². The monoisotopic (exact) mass is 173 g/mol. The van der Waals surface area contributed by atoms with Crippen molar-refractivity contribution in [2.24, 2.45) is 0 Å². The van der Waals surface area contributed by atoms with Gasteiger partial charge >= 0.3 is 0 Å². The molecule has 0 amide bonds. The van der Waals surface area contributed by atoms with Crippen LogP contribution in [0.3, 0.4) is 0 Å². The summed E-state index contributed by atoms with van der Waals surface area (Å²) in [6, 6.07) is 6.49. The summed E-state index contributed by atoms with van der Waals surface area (Å²) in [5.74, 6) is 0. The van der Waals surface area contributed by atoms with Gasteiger partial charge in [0.2, 0.25) is 0 Å². The van der Waals surface area contributed by atoms with E-state index in [1.807, 2.05) is 6.92 Å². The highest BCUT2D eigenvalue weighted by Crippen LogP contribution is 2.28. The molecule has 0 saturated carbocycles. The predicted molar refractivity (Wildman–Crippen MR) is 50.0 cm³/mol. The topological polar surface area (TPSA) is 12.9 Å². The van der Waals surface area contributed by atoms with Crippen LogP contribution in [0.1, 0.15) is 5.01 Å². The zero-order valence-electron chi connectivity index (χ0n) is 6.66. The van der Waals surface area contributed by atoms with Crippen LogP contribution < -0.4 is 0 Å². The van der Waals surface area contributed by atoms with Gasteiger partial charge in [-0.05, 0) is 23.4 Å². The Morgan fingerprint density at radius 3 is 2.67 bits per heavy atom. The molecule has 0 radical (unpaired) electrons. The Labute approximate surface area is 74.0 Å². The van der Waals surface area contributed by atoms with Crippen molar-refractivity contribution in [3.05, 3.63) is 39.0 Å². The van der Waals surface area contributed by atoms with Crippen molar-refractivity contribution in [2.75, 3.05) is 0 Å². The molecule has 1 heterocycles. The van der Waals surface area contributed by atoms with Crippen molar-refractivity contribution in [2.45, 2.75) is 6.92 Å². The van der Waals surface area contributed by atoms with E-state index in [-0.39, 0.29) is 0 Å². The zero-order chi connectivity index (χ0) is 8.13. The van der Waals surface area contributed by atoms with Crippen molar-refractivity contribution >= 4 is 11.3 Å². The zero-order valence-corrected chi connectivity index (χ0v) is 7.48. The second-order valence-corrected chi connectivity index (χ2v) is 4.07. The quantitative estimate of drug-likeness (QED) is 0.551. The van der Waals surface area contributed by atoms with Gasteiger partial charge in [0.1, 0.15) is 0 Å². The van der Waals surface area contributed by atoms with Crippen molar-refractivity contribution in [3.63, 3.8) is 0 Å². The number of nitrogens with zero attached hydrogens (tertiary/aromatic N) is 1. The fraction of sp³-hybridized carbons (Fsp3) is 0.100. The highest BCUT2D eigenvalue weighted by Gasteiger charge is 2.09.